The molecular weight excluding hydrogens is 298 g/mol. The summed E-state index contributed by atoms with van der Waals surface area (Å²) in [5.41, 5.74) is 4.04. The van der Waals surface area contributed by atoms with Crippen LogP contribution in [0.2, 0.25) is 0 Å². The maximum absolute atomic E-state index is 12.3. The Hall–Kier alpha value is -2.14. The molecule has 0 fully saturated rings. The van der Waals surface area contributed by atoms with E-state index in [9.17, 15) is 13.2 Å². The second-order valence-electron chi connectivity index (χ2n) is 5.52. The standard InChI is InChI=1S/C17H19NO3S/c1-12-7-8-16(9-13(12)2)18-17(19)15-6-4-5-14(10-15)11-22(3,20)21/h4-10H,11H2,1-3H3,(H,18,19). The third kappa shape index (κ3) is 4.43. The second-order valence-corrected chi connectivity index (χ2v) is 7.66. The molecule has 0 bridgehead atoms. The van der Waals surface area contributed by atoms with Gasteiger partial charge in [-0.25, -0.2) is 8.42 Å². The highest BCUT2D eigenvalue weighted by atomic mass is 32.2. The molecule has 5 heteroatoms. The molecule has 0 saturated carbocycles. The normalized spacial score (nSPS) is 11.2. The molecule has 0 saturated heterocycles. The van der Waals surface area contributed by atoms with Gasteiger partial charge in [0.15, 0.2) is 9.84 Å². The number of hydrogen-bond donors (Lipinski definition) is 1. The van der Waals surface area contributed by atoms with Gasteiger partial charge < -0.3 is 5.32 Å². The molecule has 0 aliphatic carbocycles. The first-order valence-corrected chi connectivity index (χ1v) is 8.96. The monoisotopic (exact) mass is 317 g/mol. The van der Waals surface area contributed by atoms with Gasteiger partial charge in [0, 0.05) is 17.5 Å². The highest BCUT2D eigenvalue weighted by Crippen LogP contribution is 2.16. The number of carbonyl (C=O) groups is 1. The summed E-state index contributed by atoms with van der Waals surface area (Å²) in [4.78, 5) is 12.3. The molecular formula is C17H19NO3S. The van der Waals surface area contributed by atoms with Crippen LogP contribution in [0.1, 0.15) is 27.0 Å². The molecule has 4 nitrogen and oxygen atoms in total. The fourth-order valence-corrected chi connectivity index (χ4v) is 2.91. The summed E-state index contributed by atoms with van der Waals surface area (Å²) >= 11 is 0. The molecule has 2 rings (SSSR count). The van der Waals surface area contributed by atoms with Crippen LogP contribution in [0.4, 0.5) is 5.69 Å². The lowest BCUT2D eigenvalue weighted by molar-refractivity contribution is 0.102. The summed E-state index contributed by atoms with van der Waals surface area (Å²) in [5, 5.41) is 2.83. The fraction of sp³-hybridized carbons (Fsp3) is 0.235. The number of hydrogen-bond acceptors (Lipinski definition) is 3. The predicted octanol–water partition coefficient (Wildman–Crippen LogP) is 3.10. The van der Waals surface area contributed by atoms with Crippen molar-refractivity contribution in [3.8, 4) is 0 Å². The predicted molar refractivity (Wildman–Crippen MR) is 88.9 cm³/mol. The maximum Gasteiger partial charge on any atom is 0.255 e. The van der Waals surface area contributed by atoms with E-state index < -0.39 is 9.84 Å². The van der Waals surface area contributed by atoms with Crippen molar-refractivity contribution in [3.63, 3.8) is 0 Å². The Morgan fingerprint density at radius 3 is 2.41 bits per heavy atom. The van der Waals surface area contributed by atoms with E-state index in [0.29, 0.717) is 11.1 Å². The SMILES string of the molecule is Cc1ccc(NC(=O)c2cccc(CS(C)(=O)=O)c2)cc1C. The molecule has 0 atom stereocenters. The Bertz CT molecular complexity index is 810. The molecule has 0 heterocycles. The lowest BCUT2D eigenvalue weighted by Gasteiger charge is -2.09. The lowest BCUT2D eigenvalue weighted by atomic mass is 10.1. The minimum Gasteiger partial charge on any atom is -0.322 e. The van der Waals surface area contributed by atoms with Crippen LogP contribution in [0, 0.1) is 13.8 Å². The van der Waals surface area contributed by atoms with E-state index in [4.69, 9.17) is 0 Å². The first kappa shape index (κ1) is 16.2. The third-order valence-corrected chi connectivity index (χ3v) is 4.24. The molecule has 0 aromatic heterocycles. The fourth-order valence-electron chi connectivity index (χ4n) is 2.13. The van der Waals surface area contributed by atoms with E-state index in [1.54, 1.807) is 24.3 Å². The Balaban J connectivity index is 2.19. The molecule has 1 N–H and O–H groups in total. The van der Waals surface area contributed by atoms with E-state index >= 15 is 0 Å². The zero-order valence-electron chi connectivity index (χ0n) is 12.9. The quantitative estimate of drug-likeness (QED) is 0.942. The van der Waals surface area contributed by atoms with Gasteiger partial charge in [-0.1, -0.05) is 18.2 Å². The van der Waals surface area contributed by atoms with E-state index in [2.05, 4.69) is 5.32 Å². The first-order valence-electron chi connectivity index (χ1n) is 6.90. The van der Waals surface area contributed by atoms with Crippen molar-refractivity contribution in [1.82, 2.24) is 0 Å². The van der Waals surface area contributed by atoms with Gasteiger partial charge in [0.05, 0.1) is 5.75 Å². The summed E-state index contributed by atoms with van der Waals surface area (Å²) in [7, 11) is -3.12. The molecule has 0 spiro atoms. The van der Waals surface area contributed by atoms with Crippen molar-refractivity contribution in [2.45, 2.75) is 19.6 Å². The second kappa shape index (κ2) is 6.32. The van der Waals surface area contributed by atoms with Gasteiger partial charge in [0.25, 0.3) is 5.91 Å². The number of benzene rings is 2. The first-order chi connectivity index (χ1) is 10.2. The van der Waals surface area contributed by atoms with E-state index in [-0.39, 0.29) is 11.7 Å². The van der Waals surface area contributed by atoms with Crippen molar-refractivity contribution >= 4 is 21.4 Å². The van der Waals surface area contributed by atoms with Crippen LogP contribution in [0.5, 0.6) is 0 Å². The zero-order chi connectivity index (χ0) is 16.3. The number of nitrogens with one attached hydrogen (secondary N) is 1. The van der Waals surface area contributed by atoms with Crippen LogP contribution < -0.4 is 5.32 Å². The van der Waals surface area contributed by atoms with Crippen molar-refractivity contribution in [3.05, 3.63) is 64.7 Å². The third-order valence-electron chi connectivity index (χ3n) is 3.38. The van der Waals surface area contributed by atoms with Gasteiger partial charge in [-0.15, -0.1) is 0 Å². The summed E-state index contributed by atoms with van der Waals surface area (Å²) in [6.07, 6.45) is 1.18. The van der Waals surface area contributed by atoms with Crippen LogP contribution in [0.3, 0.4) is 0 Å². The summed E-state index contributed by atoms with van der Waals surface area (Å²) in [6.45, 7) is 3.99. The number of aryl methyl sites for hydroxylation is 2. The van der Waals surface area contributed by atoms with Gasteiger partial charge >= 0.3 is 0 Å². The minimum absolute atomic E-state index is 0.0717. The Labute approximate surface area is 131 Å². The molecule has 0 radical (unpaired) electrons. The number of amides is 1. The summed E-state index contributed by atoms with van der Waals surface area (Å²) in [6, 6.07) is 12.4. The molecule has 22 heavy (non-hydrogen) atoms. The average Bonchev–Trinajstić information content (AvgIpc) is 2.41. The van der Waals surface area contributed by atoms with Crippen molar-refractivity contribution in [1.29, 1.82) is 0 Å². The van der Waals surface area contributed by atoms with Crippen molar-refractivity contribution in [2.24, 2.45) is 0 Å². The largest absolute Gasteiger partial charge is 0.322 e. The lowest BCUT2D eigenvalue weighted by Crippen LogP contribution is -2.12. The van der Waals surface area contributed by atoms with Gasteiger partial charge in [-0.2, -0.15) is 0 Å². The highest BCUT2D eigenvalue weighted by molar-refractivity contribution is 7.89. The van der Waals surface area contributed by atoms with Crippen LogP contribution in [-0.4, -0.2) is 20.6 Å². The number of rotatable bonds is 4. The maximum atomic E-state index is 12.3. The number of carbonyl (C=O) groups excluding carboxylic acids is 1. The van der Waals surface area contributed by atoms with Crippen LogP contribution >= 0.6 is 0 Å². The van der Waals surface area contributed by atoms with Gasteiger partial charge in [0.2, 0.25) is 0 Å². The molecule has 0 aliphatic rings. The Morgan fingerprint density at radius 1 is 1.05 bits per heavy atom. The van der Waals surface area contributed by atoms with Crippen LogP contribution in [0.15, 0.2) is 42.5 Å². The smallest absolute Gasteiger partial charge is 0.255 e. The summed E-state index contributed by atoms with van der Waals surface area (Å²) in [5.74, 6) is -0.323. The van der Waals surface area contributed by atoms with Gasteiger partial charge in [-0.3, -0.25) is 4.79 Å². The van der Waals surface area contributed by atoms with Crippen molar-refractivity contribution < 1.29 is 13.2 Å². The van der Waals surface area contributed by atoms with Gasteiger partial charge in [0.1, 0.15) is 0 Å². The molecule has 116 valence electrons. The summed E-state index contributed by atoms with van der Waals surface area (Å²) < 4.78 is 22.7. The van der Waals surface area contributed by atoms with Crippen LogP contribution in [0.25, 0.3) is 0 Å². The zero-order valence-corrected chi connectivity index (χ0v) is 13.7. The molecule has 1 amide bonds. The minimum atomic E-state index is -3.12. The van der Waals surface area contributed by atoms with E-state index in [1.807, 2.05) is 32.0 Å². The molecule has 0 aliphatic heterocycles. The van der Waals surface area contributed by atoms with E-state index in [1.165, 1.54) is 6.26 Å². The molecule has 0 unspecified atom stereocenters. The van der Waals surface area contributed by atoms with E-state index in [0.717, 1.165) is 16.8 Å². The average molecular weight is 317 g/mol. The highest BCUT2D eigenvalue weighted by Gasteiger charge is 2.10. The Kier molecular flexibility index (Phi) is 4.66. The topological polar surface area (TPSA) is 63.2 Å². The Morgan fingerprint density at radius 2 is 1.77 bits per heavy atom. The molecule has 2 aromatic rings. The van der Waals surface area contributed by atoms with Crippen LogP contribution in [-0.2, 0) is 15.6 Å². The van der Waals surface area contributed by atoms with Crippen molar-refractivity contribution in [2.75, 3.05) is 11.6 Å². The number of sulfone groups is 1. The van der Waals surface area contributed by atoms with Gasteiger partial charge in [-0.05, 0) is 54.8 Å². The number of anilines is 1. The molecule has 2 aromatic carbocycles.